The lowest BCUT2D eigenvalue weighted by atomic mass is 10.1. The van der Waals surface area contributed by atoms with Crippen LogP contribution in [-0.4, -0.2) is 21.5 Å². The Morgan fingerprint density at radius 1 is 0.900 bits per heavy atom. The highest BCUT2D eigenvalue weighted by Gasteiger charge is 2.16. The maximum Gasteiger partial charge on any atom is 0.227 e. The van der Waals surface area contributed by atoms with Crippen LogP contribution in [0.3, 0.4) is 0 Å². The highest BCUT2D eigenvalue weighted by Crippen LogP contribution is 2.38. The van der Waals surface area contributed by atoms with Gasteiger partial charge in [0.25, 0.3) is 0 Å². The van der Waals surface area contributed by atoms with Crippen molar-refractivity contribution in [3.05, 3.63) is 72.9 Å². The van der Waals surface area contributed by atoms with E-state index in [0.29, 0.717) is 11.9 Å². The molecule has 0 saturated heterocycles. The molecule has 0 saturated carbocycles. The average molecular weight is 416 g/mol. The summed E-state index contributed by atoms with van der Waals surface area (Å²) in [5.74, 6) is 1.22. The second kappa shape index (κ2) is 9.50. The summed E-state index contributed by atoms with van der Waals surface area (Å²) in [6.45, 7) is 5.36. The Hall–Kier alpha value is -3.25. The minimum atomic E-state index is 0.570. The summed E-state index contributed by atoms with van der Waals surface area (Å²) in [5.41, 5.74) is 3.84. The van der Waals surface area contributed by atoms with Crippen LogP contribution in [0.4, 0.5) is 16.8 Å². The molecule has 0 atom stereocenters. The fourth-order valence-corrected chi connectivity index (χ4v) is 4.01. The second-order valence-electron chi connectivity index (χ2n) is 7.43. The highest BCUT2D eigenvalue weighted by atomic mass is 32.1. The molecule has 4 aromatic rings. The lowest BCUT2D eigenvalue weighted by molar-refractivity contribution is 0.607. The van der Waals surface area contributed by atoms with Gasteiger partial charge in [-0.05, 0) is 30.5 Å². The van der Waals surface area contributed by atoms with Gasteiger partial charge in [-0.25, -0.2) is 15.0 Å². The van der Waals surface area contributed by atoms with Crippen molar-refractivity contribution in [2.75, 3.05) is 17.2 Å². The van der Waals surface area contributed by atoms with Crippen molar-refractivity contribution in [1.82, 2.24) is 15.0 Å². The van der Waals surface area contributed by atoms with Crippen LogP contribution in [0.25, 0.3) is 21.8 Å². The molecule has 0 fully saturated rings. The van der Waals surface area contributed by atoms with E-state index in [4.69, 9.17) is 9.97 Å². The first-order valence-corrected chi connectivity index (χ1v) is 11.0. The smallest absolute Gasteiger partial charge is 0.227 e. The van der Waals surface area contributed by atoms with Crippen LogP contribution in [0.5, 0.6) is 0 Å². The molecule has 0 amide bonds. The molecule has 0 unspecified atom stereocenters. The first-order valence-electron chi connectivity index (χ1n) is 10.1. The minimum Gasteiger partial charge on any atom is -0.361 e. The SMILES string of the molecule is CC(C)CCNc1nc(-c2ccccc2)c(-c2ccnc(Nc3ccccc3)n2)s1. The molecule has 2 aromatic heterocycles. The lowest BCUT2D eigenvalue weighted by Gasteiger charge is -2.06. The zero-order valence-corrected chi connectivity index (χ0v) is 18.0. The Bertz CT molecular complexity index is 1080. The predicted octanol–water partition coefficient (Wildman–Crippen LogP) is 6.47. The molecule has 0 aliphatic carbocycles. The maximum absolute atomic E-state index is 4.89. The quantitative estimate of drug-likeness (QED) is 0.345. The van der Waals surface area contributed by atoms with E-state index in [-0.39, 0.29) is 0 Å². The third kappa shape index (κ3) is 5.02. The zero-order valence-electron chi connectivity index (χ0n) is 17.2. The summed E-state index contributed by atoms with van der Waals surface area (Å²) in [6.07, 6.45) is 2.89. The molecule has 0 aliphatic heterocycles. The molecule has 0 radical (unpaired) electrons. The molecule has 0 spiro atoms. The third-order valence-corrected chi connectivity index (χ3v) is 5.63. The molecule has 2 aromatic carbocycles. The lowest BCUT2D eigenvalue weighted by Crippen LogP contribution is -2.04. The molecule has 2 heterocycles. The molecule has 0 aliphatic rings. The Morgan fingerprint density at radius 2 is 1.63 bits per heavy atom. The Balaban J connectivity index is 1.66. The molecule has 2 N–H and O–H groups in total. The average Bonchev–Trinajstić information content (AvgIpc) is 3.19. The molecular formula is C24H25N5S. The van der Waals surface area contributed by atoms with Crippen LogP contribution in [0, 0.1) is 5.92 Å². The standard InChI is InChI=1S/C24H25N5S/c1-17(2)13-15-26-24-29-21(18-9-5-3-6-10-18)22(30-24)20-14-16-25-23(28-20)27-19-11-7-4-8-12-19/h3-12,14,16-17H,13,15H2,1-2H3,(H,26,29)(H,25,27,28). The van der Waals surface area contributed by atoms with Crippen molar-refractivity contribution >= 4 is 28.1 Å². The van der Waals surface area contributed by atoms with E-state index in [2.05, 4.69) is 41.6 Å². The fourth-order valence-electron chi connectivity index (χ4n) is 3.02. The van der Waals surface area contributed by atoms with Gasteiger partial charge in [0.2, 0.25) is 5.95 Å². The number of hydrogen-bond donors (Lipinski definition) is 2. The molecule has 0 bridgehead atoms. The number of nitrogens with one attached hydrogen (secondary N) is 2. The van der Waals surface area contributed by atoms with E-state index >= 15 is 0 Å². The number of hydrogen-bond acceptors (Lipinski definition) is 6. The summed E-state index contributed by atoms with van der Waals surface area (Å²) in [4.78, 5) is 15.1. The van der Waals surface area contributed by atoms with Gasteiger partial charge >= 0.3 is 0 Å². The van der Waals surface area contributed by atoms with Crippen LogP contribution in [0.2, 0.25) is 0 Å². The summed E-state index contributed by atoms with van der Waals surface area (Å²) in [7, 11) is 0. The van der Waals surface area contributed by atoms with Gasteiger partial charge in [-0.2, -0.15) is 0 Å². The first kappa shape index (κ1) is 20.0. The minimum absolute atomic E-state index is 0.570. The molecule has 4 rings (SSSR count). The number of nitrogens with zero attached hydrogens (tertiary/aromatic N) is 3. The normalized spacial score (nSPS) is 10.9. The van der Waals surface area contributed by atoms with Gasteiger partial charge in [0, 0.05) is 24.0 Å². The molecule has 30 heavy (non-hydrogen) atoms. The summed E-state index contributed by atoms with van der Waals surface area (Å²) in [5, 5.41) is 7.67. The monoisotopic (exact) mass is 415 g/mol. The van der Waals surface area contributed by atoms with Crippen molar-refractivity contribution in [2.24, 2.45) is 5.92 Å². The van der Waals surface area contributed by atoms with Crippen LogP contribution in [0.1, 0.15) is 20.3 Å². The molecule has 5 nitrogen and oxygen atoms in total. The second-order valence-corrected chi connectivity index (χ2v) is 8.43. The number of benzene rings is 2. The molecule has 6 heteroatoms. The molecule has 152 valence electrons. The van der Waals surface area contributed by atoms with Gasteiger partial charge in [-0.15, -0.1) is 0 Å². The van der Waals surface area contributed by atoms with E-state index in [0.717, 1.165) is 45.6 Å². The Labute approximate surface area is 181 Å². The van der Waals surface area contributed by atoms with Crippen LogP contribution < -0.4 is 10.6 Å². The van der Waals surface area contributed by atoms with E-state index < -0.39 is 0 Å². The fraction of sp³-hybridized carbons (Fsp3) is 0.208. The molecular weight excluding hydrogens is 390 g/mol. The number of rotatable bonds is 8. The number of aromatic nitrogens is 3. The van der Waals surface area contributed by atoms with Crippen molar-refractivity contribution < 1.29 is 0 Å². The van der Waals surface area contributed by atoms with E-state index in [1.165, 1.54) is 0 Å². The van der Waals surface area contributed by atoms with Crippen molar-refractivity contribution in [2.45, 2.75) is 20.3 Å². The van der Waals surface area contributed by atoms with E-state index in [1.54, 1.807) is 17.5 Å². The van der Waals surface area contributed by atoms with Crippen molar-refractivity contribution in [1.29, 1.82) is 0 Å². The van der Waals surface area contributed by atoms with Crippen molar-refractivity contribution in [3.8, 4) is 21.8 Å². The van der Waals surface area contributed by atoms with Gasteiger partial charge in [0.15, 0.2) is 5.13 Å². The van der Waals surface area contributed by atoms with E-state index in [1.807, 2.05) is 54.6 Å². The number of thiazole rings is 1. The van der Waals surface area contributed by atoms with Gasteiger partial charge in [0.1, 0.15) is 0 Å². The predicted molar refractivity (Wildman–Crippen MR) is 126 cm³/mol. The van der Waals surface area contributed by atoms with Crippen LogP contribution in [0.15, 0.2) is 72.9 Å². The summed E-state index contributed by atoms with van der Waals surface area (Å²) in [6, 6.07) is 22.1. The Morgan fingerprint density at radius 3 is 2.37 bits per heavy atom. The van der Waals surface area contributed by atoms with Crippen LogP contribution >= 0.6 is 11.3 Å². The van der Waals surface area contributed by atoms with Gasteiger partial charge < -0.3 is 10.6 Å². The number of para-hydroxylation sites is 1. The highest BCUT2D eigenvalue weighted by molar-refractivity contribution is 7.19. The number of anilines is 3. The maximum atomic E-state index is 4.89. The van der Waals surface area contributed by atoms with Crippen LogP contribution in [-0.2, 0) is 0 Å². The van der Waals surface area contributed by atoms with E-state index in [9.17, 15) is 0 Å². The van der Waals surface area contributed by atoms with Gasteiger partial charge in [-0.1, -0.05) is 73.7 Å². The topological polar surface area (TPSA) is 62.7 Å². The van der Waals surface area contributed by atoms with Gasteiger partial charge in [-0.3, -0.25) is 0 Å². The van der Waals surface area contributed by atoms with Crippen molar-refractivity contribution in [3.63, 3.8) is 0 Å². The summed E-state index contributed by atoms with van der Waals surface area (Å²) >= 11 is 1.63. The largest absolute Gasteiger partial charge is 0.361 e. The summed E-state index contributed by atoms with van der Waals surface area (Å²) < 4.78 is 0. The zero-order chi connectivity index (χ0) is 20.8. The Kier molecular flexibility index (Phi) is 6.35. The first-order chi connectivity index (χ1) is 14.7. The van der Waals surface area contributed by atoms with Gasteiger partial charge in [0.05, 0.1) is 16.3 Å². The third-order valence-electron chi connectivity index (χ3n) is 4.59.